The summed E-state index contributed by atoms with van der Waals surface area (Å²) in [7, 11) is -2.56. The number of hydrogen-bond donors (Lipinski definition) is 1. The molecule has 0 aliphatic carbocycles. The van der Waals surface area contributed by atoms with Crippen LogP contribution in [0, 0.1) is 0 Å². The number of ether oxygens (including phenoxy) is 1. The third kappa shape index (κ3) is 5.46. The van der Waals surface area contributed by atoms with Crippen molar-refractivity contribution in [1.29, 1.82) is 0 Å². The highest BCUT2D eigenvalue weighted by molar-refractivity contribution is 7.93. The van der Waals surface area contributed by atoms with Crippen LogP contribution in [0.2, 0.25) is 0 Å². The molecule has 0 heterocycles. The van der Waals surface area contributed by atoms with Gasteiger partial charge in [0.15, 0.2) is 0 Å². The molecule has 0 saturated heterocycles. The van der Waals surface area contributed by atoms with E-state index in [2.05, 4.69) is 4.36 Å². The topological polar surface area (TPSA) is 81.8 Å². The summed E-state index contributed by atoms with van der Waals surface area (Å²) in [6.45, 7) is 0.353. The van der Waals surface area contributed by atoms with Gasteiger partial charge in [-0.15, -0.1) is 4.36 Å². The molecule has 0 bridgehead atoms. The van der Waals surface area contributed by atoms with Gasteiger partial charge in [-0.25, -0.2) is 9.00 Å². The van der Waals surface area contributed by atoms with Crippen LogP contribution in [0.3, 0.4) is 0 Å². The number of amides is 1. The van der Waals surface area contributed by atoms with Crippen LogP contribution in [0.5, 0.6) is 0 Å². The van der Waals surface area contributed by atoms with Gasteiger partial charge in [-0.1, -0.05) is 30.3 Å². The van der Waals surface area contributed by atoms with Crippen LogP contribution in [0.4, 0.5) is 4.79 Å². The Morgan fingerprint density at radius 3 is 2.65 bits per heavy atom. The Kier molecular flexibility index (Phi) is 5.11. The van der Waals surface area contributed by atoms with Crippen molar-refractivity contribution in [3.8, 4) is 0 Å². The minimum Gasteiger partial charge on any atom is -0.443 e. The number of benzene rings is 1. The number of carbonyl (C=O) groups is 1. The van der Waals surface area contributed by atoms with Crippen LogP contribution in [0.1, 0.15) is 5.56 Å². The summed E-state index contributed by atoms with van der Waals surface area (Å²) in [4.78, 5) is 11.3. The molecular weight excluding hydrogens is 240 g/mol. The van der Waals surface area contributed by atoms with Gasteiger partial charge in [-0.05, 0) is 5.56 Å². The fourth-order valence-electron chi connectivity index (χ4n) is 1.17. The summed E-state index contributed by atoms with van der Waals surface area (Å²) < 4.78 is 20.0. The van der Waals surface area contributed by atoms with Crippen molar-refractivity contribution in [3.05, 3.63) is 35.9 Å². The molecule has 94 valence electrons. The summed E-state index contributed by atoms with van der Waals surface area (Å²) >= 11 is 0. The zero-order valence-electron chi connectivity index (χ0n) is 9.67. The molecular formula is C11H16N2O3S. The predicted molar refractivity (Wildman–Crippen MR) is 67.0 cm³/mol. The van der Waals surface area contributed by atoms with E-state index in [4.69, 9.17) is 10.5 Å². The van der Waals surface area contributed by atoms with Gasteiger partial charge in [-0.3, -0.25) is 0 Å². The van der Waals surface area contributed by atoms with Crippen molar-refractivity contribution in [3.63, 3.8) is 0 Å². The van der Waals surface area contributed by atoms with Gasteiger partial charge in [0.2, 0.25) is 0 Å². The van der Waals surface area contributed by atoms with Crippen molar-refractivity contribution >= 4 is 15.8 Å². The lowest BCUT2D eigenvalue weighted by Crippen LogP contribution is -2.15. The Balaban J connectivity index is 2.54. The van der Waals surface area contributed by atoms with Crippen molar-refractivity contribution < 1.29 is 13.7 Å². The van der Waals surface area contributed by atoms with E-state index in [0.29, 0.717) is 0 Å². The second-order valence-corrected chi connectivity index (χ2v) is 6.09. The average molecular weight is 256 g/mol. The maximum absolute atomic E-state index is 11.7. The van der Waals surface area contributed by atoms with E-state index >= 15 is 0 Å². The van der Waals surface area contributed by atoms with Crippen molar-refractivity contribution in [2.75, 3.05) is 18.6 Å². The molecule has 1 aromatic rings. The monoisotopic (exact) mass is 256 g/mol. The van der Waals surface area contributed by atoms with E-state index in [1.165, 1.54) is 6.26 Å². The highest BCUT2D eigenvalue weighted by atomic mass is 32.2. The third-order valence-electron chi connectivity index (χ3n) is 1.97. The summed E-state index contributed by atoms with van der Waals surface area (Å²) in [5.74, 6) is 0.188. The second-order valence-electron chi connectivity index (χ2n) is 3.58. The fraction of sp³-hybridized carbons (Fsp3) is 0.364. The van der Waals surface area contributed by atoms with E-state index in [0.717, 1.165) is 5.56 Å². The zero-order chi connectivity index (χ0) is 12.7. The lowest BCUT2D eigenvalue weighted by Gasteiger charge is -2.03. The minimum absolute atomic E-state index is 0.126. The Morgan fingerprint density at radius 1 is 1.41 bits per heavy atom. The molecule has 0 saturated carbocycles. The molecule has 0 spiro atoms. The molecule has 1 atom stereocenters. The maximum Gasteiger partial charge on any atom is 0.442 e. The van der Waals surface area contributed by atoms with Crippen LogP contribution >= 0.6 is 0 Å². The van der Waals surface area contributed by atoms with Gasteiger partial charge >= 0.3 is 6.09 Å². The van der Waals surface area contributed by atoms with Gasteiger partial charge in [0.05, 0.1) is 9.73 Å². The summed E-state index contributed by atoms with van der Waals surface area (Å²) in [6, 6.07) is 9.22. The normalized spacial score (nSPS) is 13.8. The van der Waals surface area contributed by atoms with Crippen molar-refractivity contribution in [2.45, 2.75) is 6.61 Å². The molecule has 2 N–H and O–H groups in total. The molecule has 1 rings (SSSR count). The first-order valence-electron chi connectivity index (χ1n) is 5.14. The molecule has 0 aromatic heterocycles. The summed E-state index contributed by atoms with van der Waals surface area (Å²) in [5.41, 5.74) is 6.12. The van der Waals surface area contributed by atoms with Crippen molar-refractivity contribution in [1.82, 2.24) is 0 Å². The molecule has 1 aromatic carbocycles. The van der Waals surface area contributed by atoms with Gasteiger partial charge in [-0.2, -0.15) is 0 Å². The highest BCUT2D eigenvalue weighted by Crippen LogP contribution is 2.02. The van der Waals surface area contributed by atoms with Crippen LogP contribution in [0.15, 0.2) is 34.7 Å². The van der Waals surface area contributed by atoms with Gasteiger partial charge in [0.1, 0.15) is 6.61 Å². The molecule has 0 aliphatic rings. The smallest absolute Gasteiger partial charge is 0.442 e. The van der Waals surface area contributed by atoms with Crippen LogP contribution in [0.25, 0.3) is 0 Å². The average Bonchev–Trinajstić information content (AvgIpc) is 2.27. The number of hydrogen-bond acceptors (Lipinski definition) is 4. The Hall–Kier alpha value is -1.40. The van der Waals surface area contributed by atoms with E-state index in [9.17, 15) is 9.00 Å². The molecule has 1 unspecified atom stereocenters. The predicted octanol–water partition coefficient (Wildman–Crippen LogP) is 1.38. The molecule has 0 radical (unpaired) electrons. The van der Waals surface area contributed by atoms with E-state index in [-0.39, 0.29) is 18.9 Å². The number of nitrogens with zero attached hydrogens (tertiary/aromatic N) is 1. The first kappa shape index (κ1) is 13.7. The molecule has 6 heteroatoms. The highest BCUT2D eigenvalue weighted by Gasteiger charge is 2.06. The summed E-state index contributed by atoms with van der Waals surface area (Å²) in [5, 5.41) is 0. The molecule has 5 nitrogen and oxygen atoms in total. The number of rotatable bonds is 4. The van der Waals surface area contributed by atoms with Gasteiger partial charge in [0, 0.05) is 18.6 Å². The van der Waals surface area contributed by atoms with Crippen LogP contribution < -0.4 is 5.73 Å². The van der Waals surface area contributed by atoms with E-state index in [1.54, 1.807) is 0 Å². The second kappa shape index (κ2) is 6.36. The number of nitrogens with two attached hydrogens (primary N) is 1. The quantitative estimate of drug-likeness (QED) is 0.882. The zero-order valence-corrected chi connectivity index (χ0v) is 10.5. The molecule has 17 heavy (non-hydrogen) atoms. The minimum atomic E-state index is -2.56. The van der Waals surface area contributed by atoms with Crippen LogP contribution in [-0.4, -0.2) is 28.9 Å². The first-order chi connectivity index (χ1) is 8.03. The molecule has 1 amide bonds. The fourth-order valence-corrected chi connectivity index (χ4v) is 2.06. The van der Waals surface area contributed by atoms with Crippen LogP contribution in [-0.2, 0) is 21.1 Å². The lowest BCUT2D eigenvalue weighted by atomic mass is 10.2. The maximum atomic E-state index is 11.7. The van der Waals surface area contributed by atoms with E-state index in [1.807, 2.05) is 30.3 Å². The molecule has 0 fully saturated rings. The van der Waals surface area contributed by atoms with E-state index < -0.39 is 15.8 Å². The van der Waals surface area contributed by atoms with Gasteiger partial charge in [0.25, 0.3) is 0 Å². The lowest BCUT2D eigenvalue weighted by molar-refractivity contribution is 0.151. The van der Waals surface area contributed by atoms with Crippen molar-refractivity contribution in [2.24, 2.45) is 10.1 Å². The first-order valence-corrected chi connectivity index (χ1v) is 7.23. The standard InChI is InChI=1S/C11H16N2O3S/c1-17(15,8-7-12)13-11(14)16-9-10-5-3-2-4-6-10/h2-6H,7-9,12H2,1H3. The third-order valence-corrected chi connectivity index (χ3v) is 3.50. The number of carbonyl (C=O) groups excluding carboxylic acids is 1. The summed E-state index contributed by atoms with van der Waals surface area (Å²) in [6.07, 6.45) is 0.582. The Bertz CT molecular complexity index is 479. The molecule has 0 aliphatic heterocycles. The SMILES string of the molecule is CS(=O)(CCN)=NC(=O)OCc1ccccc1. The van der Waals surface area contributed by atoms with Gasteiger partial charge < -0.3 is 10.5 Å². The largest absolute Gasteiger partial charge is 0.443 e. The Morgan fingerprint density at radius 2 is 2.06 bits per heavy atom. The Labute approximate surface area is 101 Å².